The van der Waals surface area contributed by atoms with Crippen molar-refractivity contribution in [3.8, 4) is 0 Å². The Labute approximate surface area is 128 Å². The average molecular weight is 288 g/mol. The molecule has 0 aromatic heterocycles. The highest BCUT2D eigenvalue weighted by Gasteiger charge is 2.16. The minimum absolute atomic E-state index is 0.180. The molecule has 116 valence electrons. The SMILES string of the molecule is CCN(CC(=O)NC1CCCCCC1)Cc1ccccc1. The minimum Gasteiger partial charge on any atom is -0.352 e. The molecule has 0 spiro atoms. The van der Waals surface area contributed by atoms with E-state index < -0.39 is 0 Å². The summed E-state index contributed by atoms with van der Waals surface area (Å²) >= 11 is 0. The van der Waals surface area contributed by atoms with Crippen LogP contribution in [0.25, 0.3) is 0 Å². The van der Waals surface area contributed by atoms with Crippen LogP contribution >= 0.6 is 0 Å². The lowest BCUT2D eigenvalue weighted by Crippen LogP contribution is -2.41. The van der Waals surface area contributed by atoms with Crippen molar-refractivity contribution in [2.75, 3.05) is 13.1 Å². The van der Waals surface area contributed by atoms with Gasteiger partial charge in [0.15, 0.2) is 0 Å². The van der Waals surface area contributed by atoms with Gasteiger partial charge in [-0.2, -0.15) is 0 Å². The lowest BCUT2D eigenvalue weighted by Gasteiger charge is -2.22. The van der Waals surface area contributed by atoms with E-state index in [1.807, 2.05) is 6.07 Å². The van der Waals surface area contributed by atoms with Crippen LogP contribution in [-0.4, -0.2) is 29.9 Å². The Hall–Kier alpha value is -1.35. The van der Waals surface area contributed by atoms with Crippen LogP contribution in [0.5, 0.6) is 0 Å². The molecular formula is C18H28N2O. The van der Waals surface area contributed by atoms with Gasteiger partial charge in [-0.25, -0.2) is 0 Å². The van der Waals surface area contributed by atoms with Crippen molar-refractivity contribution in [3.63, 3.8) is 0 Å². The molecule has 0 aliphatic heterocycles. The molecule has 1 fully saturated rings. The van der Waals surface area contributed by atoms with Gasteiger partial charge in [-0.1, -0.05) is 62.9 Å². The van der Waals surface area contributed by atoms with Crippen LogP contribution in [0.15, 0.2) is 30.3 Å². The number of rotatable bonds is 6. The van der Waals surface area contributed by atoms with Gasteiger partial charge in [0.05, 0.1) is 6.54 Å². The van der Waals surface area contributed by atoms with E-state index >= 15 is 0 Å². The molecule has 2 rings (SSSR count). The molecule has 1 aromatic carbocycles. The molecule has 3 nitrogen and oxygen atoms in total. The lowest BCUT2D eigenvalue weighted by molar-refractivity contribution is -0.123. The van der Waals surface area contributed by atoms with Gasteiger partial charge in [-0.3, -0.25) is 9.69 Å². The maximum Gasteiger partial charge on any atom is 0.234 e. The highest BCUT2D eigenvalue weighted by atomic mass is 16.2. The van der Waals surface area contributed by atoms with Crippen molar-refractivity contribution in [1.82, 2.24) is 10.2 Å². The first kappa shape index (κ1) is 16.0. The standard InChI is InChI=1S/C18H28N2O/c1-2-20(14-16-10-6-5-7-11-16)15-18(21)19-17-12-8-3-4-9-13-17/h5-7,10-11,17H,2-4,8-9,12-15H2,1H3,(H,19,21). The molecule has 21 heavy (non-hydrogen) atoms. The third-order valence-electron chi connectivity index (χ3n) is 4.28. The Morgan fingerprint density at radius 2 is 1.81 bits per heavy atom. The normalized spacial score (nSPS) is 16.7. The summed E-state index contributed by atoms with van der Waals surface area (Å²) in [7, 11) is 0. The maximum atomic E-state index is 12.2. The van der Waals surface area contributed by atoms with Gasteiger partial charge in [-0.05, 0) is 24.9 Å². The Morgan fingerprint density at radius 3 is 2.43 bits per heavy atom. The van der Waals surface area contributed by atoms with Gasteiger partial charge in [0.25, 0.3) is 0 Å². The van der Waals surface area contributed by atoms with Crippen LogP contribution < -0.4 is 5.32 Å². The van der Waals surface area contributed by atoms with Crippen molar-refractivity contribution < 1.29 is 4.79 Å². The van der Waals surface area contributed by atoms with E-state index in [2.05, 4.69) is 41.4 Å². The van der Waals surface area contributed by atoms with Crippen molar-refractivity contribution >= 4 is 5.91 Å². The second-order valence-corrected chi connectivity index (χ2v) is 6.04. The van der Waals surface area contributed by atoms with Gasteiger partial charge in [0.1, 0.15) is 0 Å². The van der Waals surface area contributed by atoms with Gasteiger partial charge in [0, 0.05) is 12.6 Å². The predicted molar refractivity (Wildman–Crippen MR) is 87.0 cm³/mol. The maximum absolute atomic E-state index is 12.2. The topological polar surface area (TPSA) is 32.3 Å². The van der Waals surface area contributed by atoms with Crippen molar-refractivity contribution in [1.29, 1.82) is 0 Å². The minimum atomic E-state index is 0.180. The fourth-order valence-electron chi connectivity index (χ4n) is 3.02. The van der Waals surface area contributed by atoms with Gasteiger partial charge in [0.2, 0.25) is 5.91 Å². The third kappa shape index (κ3) is 5.88. The Kier molecular flexibility index (Phi) is 6.74. The highest BCUT2D eigenvalue weighted by Crippen LogP contribution is 2.17. The van der Waals surface area contributed by atoms with Crippen LogP contribution in [-0.2, 0) is 11.3 Å². The van der Waals surface area contributed by atoms with E-state index in [1.54, 1.807) is 0 Å². The van der Waals surface area contributed by atoms with E-state index in [9.17, 15) is 4.79 Å². The van der Waals surface area contributed by atoms with Crippen LogP contribution in [0, 0.1) is 0 Å². The highest BCUT2D eigenvalue weighted by molar-refractivity contribution is 5.78. The molecule has 1 N–H and O–H groups in total. The quantitative estimate of drug-likeness (QED) is 0.814. The first-order chi connectivity index (χ1) is 10.3. The number of hydrogen-bond acceptors (Lipinski definition) is 2. The molecule has 1 amide bonds. The predicted octanol–water partition coefficient (Wildman–Crippen LogP) is 3.35. The third-order valence-corrected chi connectivity index (χ3v) is 4.28. The summed E-state index contributed by atoms with van der Waals surface area (Å²) < 4.78 is 0. The van der Waals surface area contributed by atoms with E-state index in [-0.39, 0.29) is 5.91 Å². The number of amides is 1. The number of carbonyl (C=O) groups excluding carboxylic acids is 1. The number of nitrogens with one attached hydrogen (secondary N) is 1. The zero-order chi connectivity index (χ0) is 14.9. The molecule has 1 aliphatic carbocycles. The number of likely N-dealkylation sites (N-methyl/N-ethyl adjacent to an activating group) is 1. The monoisotopic (exact) mass is 288 g/mol. The van der Waals surface area contributed by atoms with Crippen molar-refractivity contribution in [2.45, 2.75) is 58.0 Å². The molecule has 0 atom stereocenters. The number of carbonyl (C=O) groups is 1. The summed E-state index contributed by atoms with van der Waals surface area (Å²) in [6.07, 6.45) is 7.45. The summed E-state index contributed by atoms with van der Waals surface area (Å²) in [5, 5.41) is 3.23. The number of nitrogens with zero attached hydrogens (tertiary/aromatic N) is 1. The molecule has 1 aromatic rings. The largest absolute Gasteiger partial charge is 0.352 e. The van der Waals surface area contributed by atoms with Gasteiger partial charge >= 0.3 is 0 Å². The van der Waals surface area contributed by atoms with Crippen LogP contribution in [0.4, 0.5) is 0 Å². The zero-order valence-corrected chi connectivity index (χ0v) is 13.2. The van der Waals surface area contributed by atoms with Crippen molar-refractivity contribution in [3.05, 3.63) is 35.9 Å². The van der Waals surface area contributed by atoms with Crippen LogP contribution in [0.3, 0.4) is 0 Å². The first-order valence-corrected chi connectivity index (χ1v) is 8.33. The fraction of sp³-hybridized carbons (Fsp3) is 0.611. The Balaban J connectivity index is 1.79. The number of benzene rings is 1. The molecule has 1 saturated carbocycles. The van der Waals surface area contributed by atoms with Gasteiger partial charge < -0.3 is 5.32 Å². The summed E-state index contributed by atoms with van der Waals surface area (Å²) in [6, 6.07) is 10.8. The summed E-state index contributed by atoms with van der Waals surface area (Å²) in [5.74, 6) is 0.180. The van der Waals surface area contributed by atoms with E-state index in [0.29, 0.717) is 12.6 Å². The molecular weight excluding hydrogens is 260 g/mol. The van der Waals surface area contributed by atoms with E-state index in [4.69, 9.17) is 0 Å². The van der Waals surface area contributed by atoms with Crippen LogP contribution in [0.2, 0.25) is 0 Å². The van der Waals surface area contributed by atoms with E-state index in [1.165, 1.54) is 31.2 Å². The number of hydrogen-bond donors (Lipinski definition) is 1. The summed E-state index contributed by atoms with van der Waals surface area (Å²) in [6.45, 7) is 4.35. The molecule has 3 heteroatoms. The lowest BCUT2D eigenvalue weighted by atomic mass is 10.1. The van der Waals surface area contributed by atoms with Crippen LogP contribution in [0.1, 0.15) is 51.0 Å². The van der Waals surface area contributed by atoms with E-state index in [0.717, 1.165) is 25.9 Å². The molecule has 0 heterocycles. The summed E-state index contributed by atoms with van der Waals surface area (Å²) in [4.78, 5) is 14.4. The first-order valence-electron chi connectivity index (χ1n) is 8.33. The molecule has 1 aliphatic rings. The molecule has 0 bridgehead atoms. The Morgan fingerprint density at radius 1 is 1.14 bits per heavy atom. The molecule has 0 radical (unpaired) electrons. The molecule has 0 saturated heterocycles. The smallest absolute Gasteiger partial charge is 0.234 e. The average Bonchev–Trinajstić information content (AvgIpc) is 2.76. The second kappa shape index (κ2) is 8.83. The second-order valence-electron chi connectivity index (χ2n) is 6.04. The zero-order valence-electron chi connectivity index (χ0n) is 13.2. The van der Waals surface area contributed by atoms with Gasteiger partial charge in [-0.15, -0.1) is 0 Å². The summed E-state index contributed by atoms with van der Waals surface area (Å²) in [5.41, 5.74) is 1.27. The Bertz CT molecular complexity index is 410. The van der Waals surface area contributed by atoms with Crippen molar-refractivity contribution in [2.24, 2.45) is 0 Å². The fourth-order valence-corrected chi connectivity index (χ4v) is 3.02. The molecule has 0 unspecified atom stereocenters.